The van der Waals surface area contributed by atoms with Crippen molar-refractivity contribution in [2.45, 2.75) is 32.1 Å². The van der Waals surface area contributed by atoms with Gasteiger partial charge in [-0.3, -0.25) is 0 Å². The van der Waals surface area contributed by atoms with Gasteiger partial charge in [-0.15, -0.1) is 0 Å². The first-order valence-corrected chi connectivity index (χ1v) is 7.10. The van der Waals surface area contributed by atoms with Crippen LogP contribution in [0.1, 0.15) is 37.7 Å². The number of nitrogens with zero attached hydrogens (tertiary/aromatic N) is 3. The van der Waals surface area contributed by atoms with Crippen LogP contribution in [0, 0.1) is 5.92 Å². The van der Waals surface area contributed by atoms with E-state index in [0.717, 1.165) is 38.0 Å². The highest BCUT2D eigenvalue weighted by molar-refractivity contribution is 5.31. The number of rotatable bonds is 2. The minimum atomic E-state index is 0.655. The fourth-order valence-corrected chi connectivity index (χ4v) is 2.72. The Morgan fingerprint density at radius 1 is 1.28 bits per heavy atom. The second-order valence-electron chi connectivity index (χ2n) is 5.70. The van der Waals surface area contributed by atoms with Crippen molar-refractivity contribution >= 4 is 5.95 Å². The smallest absolute Gasteiger partial charge is 0.225 e. The van der Waals surface area contributed by atoms with Gasteiger partial charge in [0.2, 0.25) is 5.95 Å². The normalized spacial score (nSPS) is 25.6. The van der Waals surface area contributed by atoms with E-state index >= 15 is 0 Å². The lowest BCUT2D eigenvalue weighted by molar-refractivity contribution is 0.417. The van der Waals surface area contributed by atoms with Gasteiger partial charge in [-0.05, 0) is 36.8 Å². The number of hydrogen-bond acceptors (Lipinski definition) is 4. The Hall–Kier alpha value is -1.16. The predicted octanol–water partition coefficient (Wildman–Crippen LogP) is 1.79. The number of hydrogen-bond donors (Lipinski definition) is 1. The fraction of sp³-hybridized carbons (Fsp3) is 0.714. The lowest BCUT2D eigenvalue weighted by Crippen LogP contribution is -2.30. The van der Waals surface area contributed by atoms with E-state index in [1.54, 1.807) is 0 Å². The Bertz CT molecular complexity index is 385. The van der Waals surface area contributed by atoms with Gasteiger partial charge in [-0.1, -0.05) is 13.3 Å². The molecule has 2 aliphatic rings. The summed E-state index contributed by atoms with van der Waals surface area (Å²) in [6.07, 6.45) is 8.06. The van der Waals surface area contributed by atoms with Gasteiger partial charge in [-0.2, -0.15) is 0 Å². The zero-order valence-corrected chi connectivity index (χ0v) is 11.1. The van der Waals surface area contributed by atoms with Gasteiger partial charge in [0, 0.05) is 32.0 Å². The van der Waals surface area contributed by atoms with Crippen LogP contribution in [-0.2, 0) is 0 Å². The molecule has 0 radical (unpaired) electrons. The Labute approximate surface area is 109 Å². The van der Waals surface area contributed by atoms with E-state index in [9.17, 15) is 0 Å². The van der Waals surface area contributed by atoms with Crippen molar-refractivity contribution in [3.05, 3.63) is 18.0 Å². The Morgan fingerprint density at radius 3 is 2.72 bits per heavy atom. The van der Waals surface area contributed by atoms with Crippen molar-refractivity contribution in [2.24, 2.45) is 5.92 Å². The van der Waals surface area contributed by atoms with E-state index in [4.69, 9.17) is 0 Å². The van der Waals surface area contributed by atoms with E-state index < -0.39 is 0 Å². The van der Waals surface area contributed by atoms with E-state index in [2.05, 4.69) is 27.1 Å². The second kappa shape index (κ2) is 5.22. The van der Waals surface area contributed by atoms with Crippen LogP contribution in [0.3, 0.4) is 0 Å². The first kappa shape index (κ1) is 11.9. The maximum Gasteiger partial charge on any atom is 0.225 e. The molecule has 2 heterocycles. The molecule has 4 nitrogen and oxygen atoms in total. The van der Waals surface area contributed by atoms with E-state index in [-0.39, 0.29) is 0 Å². The van der Waals surface area contributed by atoms with Gasteiger partial charge in [0.1, 0.15) is 0 Å². The third kappa shape index (κ3) is 2.48. The summed E-state index contributed by atoms with van der Waals surface area (Å²) in [5, 5.41) is 3.45. The summed E-state index contributed by atoms with van der Waals surface area (Å²) in [5.74, 6) is 2.28. The monoisotopic (exact) mass is 246 g/mol. The highest BCUT2D eigenvalue weighted by Gasteiger charge is 2.21. The maximum absolute atomic E-state index is 4.57. The van der Waals surface area contributed by atoms with Crippen LogP contribution in [0.4, 0.5) is 5.95 Å². The predicted molar refractivity (Wildman–Crippen MR) is 72.9 cm³/mol. The van der Waals surface area contributed by atoms with Crippen molar-refractivity contribution in [2.75, 3.05) is 31.1 Å². The average Bonchev–Trinajstić information content (AvgIpc) is 2.53. The number of nitrogens with one attached hydrogen (secondary N) is 1. The molecule has 1 atom stereocenters. The molecule has 0 bridgehead atoms. The Balaban J connectivity index is 1.70. The first-order chi connectivity index (χ1) is 8.83. The Kier molecular flexibility index (Phi) is 3.46. The summed E-state index contributed by atoms with van der Waals surface area (Å²) in [7, 11) is 0. The summed E-state index contributed by atoms with van der Waals surface area (Å²) < 4.78 is 0. The third-order valence-electron chi connectivity index (χ3n) is 4.10. The molecule has 3 rings (SSSR count). The molecule has 0 spiro atoms. The molecule has 4 heteroatoms. The molecule has 0 amide bonds. The standard InChI is InChI=1S/C14H22N4/c1-11-7-15-5-6-18(10-11)14-16-8-13(9-17-14)12-3-2-4-12/h8-9,11-12,15H,2-7,10H2,1H3. The molecule has 2 fully saturated rings. The van der Waals surface area contributed by atoms with Gasteiger partial charge in [0.05, 0.1) is 0 Å². The van der Waals surface area contributed by atoms with Crippen LogP contribution < -0.4 is 10.2 Å². The minimum absolute atomic E-state index is 0.655. The van der Waals surface area contributed by atoms with Crippen molar-refractivity contribution in [3.8, 4) is 0 Å². The SMILES string of the molecule is CC1CNCCN(c2ncc(C3CCC3)cn2)C1. The summed E-state index contributed by atoms with van der Waals surface area (Å²) in [6.45, 7) is 6.45. The van der Waals surface area contributed by atoms with Gasteiger partial charge in [0.25, 0.3) is 0 Å². The maximum atomic E-state index is 4.57. The lowest BCUT2D eigenvalue weighted by atomic mass is 9.81. The molecular formula is C14H22N4. The first-order valence-electron chi connectivity index (χ1n) is 7.10. The zero-order chi connectivity index (χ0) is 12.4. The minimum Gasteiger partial charge on any atom is -0.339 e. The molecule has 1 saturated carbocycles. The van der Waals surface area contributed by atoms with Crippen molar-refractivity contribution < 1.29 is 0 Å². The van der Waals surface area contributed by atoms with Crippen LogP contribution in [0.2, 0.25) is 0 Å². The summed E-state index contributed by atoms with van der Waals surface area (Å²) >= 11 is 0. The van der Waals surface area contributed by atoms with Gasteiger partial charge < -0.3 is 10.2 Å². The largest absolute Gasteiger partial charge is 0.339 e. The third-order valence-corrected chi connectivity index (χ3v) is 4.10. The molecule has 0 aromatic carbocycles. The molecule has 1 aromatic rings. The van der Waals surface area contributed by atoms with E-state index in [1.165, 1.54) is 24.8 Å². The van der Waals surface area contributed by atoms with E-state index in [0.29, 0.717) is 5.92 Å². The van der Waals surface area contributed by atoms with Crippen LogP contribution in [-0.4, -0.2) is 36.1 Å². The highest BCUT2D eigenvalue weighted by atomic mass is 15.3. The van der Waals surface area contributed by atoms with Crippen LogP contribution >= 0.6 is 0 Å². The second-order valence-corrected chi connectivity index (χ2v) is 5.70. The quantitative estimate of drug-likeness (QED) is 0.864. The highest BCUT2D eigenvalue weighted by Crippen LogP contribution is 2.35. The van der Waals surface area contributed by atoms with Gasteiger partial charge in [0.15, 0.2) is 0 Å². The lowest BCUT2D eigenvalue weighted by Gasteiger charge is -2.26. The molecule has 1 unspecified atom stereocenters. The van der Waals surface area contributed by atoms with Crippen LogP contribution in [0.15, 0.2) is 12.4 Å². The molecule has 1 saturated heterocycles. The zero-order valence-electron chi connectivity index (χ0n) is 11.1. The summed E-state index contributed by atoms with van der Waals surface area (Å²) in [6, 6.07) is 0. The Morgan fingerprint density at radius 2 is 2.06 bits per heavy atom. The van der Waals surface area contributed by atoms with Crippen molar-refractivity contribution in [1.29, 1.82) is 0 Å². The summed E-state index contributed by atoms with van der Waals surface area (Å²) in [5.41, 5.74) is 1.32. The molecule has 1 aliphatic carbocycles. The van der Waals surface area contributed by atoms with Crippen LogP contribution in [0.25, 0.3) is 0 Å². The van der Waals surface area contributed by atoms with Crippen LogP contribution in [0.5, 0.6) is 0 Å². The molecule has 18 heavy (non-hydrogen) atoms. The van der Waals surface area contributed by atoms with Gasteiger partial charge in [-0.25, -0.2) is 9.97 Å². The molecule has 98 valence electrons. The average molecular weight is 246 g/mol. The van der Waals surface area contributed by atoms with Crippen molar-refractivity contribution in [3.63, 3.8) is 0 Å². The van der Waals surface area contributed by atoms with Crippen molar-refractivity contribution in [1.82, 2.24) is 15.3 Å². The van der Waals surface area contributed by atoms with Gasteiger partial charge >= 0.3 is 0 Å². The molecule has 1 aromatic heterocycles. The van der Waals surface area contributed by atoms with E-state index in [1.807, 2.05) is 12.4 Å². The number of anilines is 1. The topological polar surface area (TPSA) is 41.0 Å². The summed E-state index contributed by atoms with van der Waals surface area (Å²) in [4.78, 5) is 11.4. The number of aromatic nitrogens is 2. The molecule has 1 N–H and O–H groups in total. The fourth-order valence-electron chi connectivity index (χ4n) is 2.72. The molecular weight excluding hydrogens is 224 g/mol. The molecule has 1 aliphatic heterocycles.